The van der Waals surface area contributed by atoms with Gasteiger partial charge in [-0.1, -0.05) is 29.8 Å². The van der Waals surface area contributed by atoms with Crippen LogP contribution in [0, 0.1) is 10.1 Å². The molecule has 0 spiro atoms. The standard InChI is InChI=1S/C13H17ClN2O4/c1-13(2,3)16(12(17)18)11(8-15(19)20)9-6-4-5-7-10(9)14/h4-7,11H,8H2,1-3H3,(H,17,18). The van der Waals surface area contributed by atoms with E-state index in [0.717, 1.165) is 4.90 Å². The minimum Gasteiger partial charge on any atom is -0.465 e. The first-order valence-corrected chi connectivity index (χ1v) is 6.41. The summed E-state index contributed by atoms with van der Waals surface area (Å²) < 4.78 is 0. The summed E-state index contributed by atoms with van der Waals surface area (Å²) in [5, 5.41) is 20.6. The van der Waals surface area contributed by atoms with Gasteiger partial charge in [-0.2, -0.15) is 0 Å². The highest BCUT2D eigenvalue weighted by Gasteiger charge is 2.37. The summed E-state index contributed by atoms with van der Waals surface area (Å²) in [6.45, 7) is 4.52. The molecular formula is C13H17ClN2O4. The zero-order chi connectivity index (χ0) is 15.5. The third-order valence-electron chi connectivity index (χ3n) is 2.83. The van der Waals surface area contributed by atoms with Crippen LogP contribution in [0.3, 0.4) is 0 Å². The third-order valence-corrected chi connectivity index (χ3v) is 3.17. The summed E-state index contributed by atoms with van der Waals surface area (Å²) in [7, 11) is 0. The quantitative estimate of drug-likeness (QED) is 0.682. The molecule has 0 aromatic heterocycles. The van der Waals surface area contributed by atoms with E-state index in [4.69, 9.17) is 11.6 Å². The van der Waals surface area contributed by atoms with Gasteiger partial charge in [0.05, 0.1) is 0 Å². The Morgan fingerprint density at radius 3 is 2.40 bits per heavy atom. The third kappa shape index (κ3) is 3.84. The predicted molar refractivity (Wildman–Crippen MR) is 75.7 cm³/mol. The van der Waals surface area contributed by atoms with Gasteiger partial charge < -0.3 is 5.11 Å². The molecule has 0 saturated heterocycles. The minimum atomic E-state index is -1.22. The number of amides is 1. The smallest absolute Gasteiger partial charge is 0.408 e. The summed E-state index contributed by atoms with van der Waals surface area (Å²) in [5.41, 5.74) is -0.353. The Bertz CT molecular complexity index is 513. The average Bonchev–Trinajstić information content (AvgIpc) is 2.25. The number of halogens is 1. The van der Waals surface area contributed by atoms with Crippen molar-refractivity contribution in [2.75, 3.05) is 6.54 Å². The Hall–Kier alpha value is -1.82. The van der Waals surface area contributed by atoms with Gasteiger partial charge in [-0.05, 0) is 32.4 Å². The molecule has 0 aliphatic rings. The van der Waals surface area contributed by atoms with Crippen molar-refractivity contribution in [3.8, 4) is 0 Å². The fraction of sp³-hybridized carbons (Fsp3) is 0.462. The summed E-state index contributed by atoms with van der Waals surface area (Å²) in [6, 6.07) is 5.63. The van der Waals surface area contributed by atoms with E-state index < -0.39 is 29.1 Å². The fourth-order valence-corrected chi connectivity index (χ4v) is 2.36. The molecule has 0 bridgehead atoms. The van der Waals surface area contributed by atoms with Crippen LogP contribution in [0.1, 0.15) is 32.4 Å². The number of benzene rings is 1. The Kier molecular flexibility index (Phi) is 4.94. The molecule has 0 saturated carbocycles. The van der Waals surface area contributed by atoms with Gasteiger partial charge in [0.15, 0.2) is 0 Å². The highest BCUT2D eigenvalue weighted by Crippen LogP contribution is 2.32. The van der Waals surface area contributed by atoms with Gasteiger partial charge in [0.25, 0.3) is 0 Å². The van der Waals surface area contributed by atoms with E-state index >= 15 is 0 Å². The second-order valence-corrected chi connectivity index (χ2v) is 5.78. The molecular weight excluding hydrogens is 284 g/mol. The van der Waals surface area contributed by atoms with Crippen LogP contribution < -0.4 is 0 Å². The van der Waals surface area contributed by atoms with Crippen LogP contribution in [0.2, 0.25) is 5.02 Å². The molecule has 110 valence electrons. The molecule has 1 aromatic rings. The molecule has 0 fully saturated rings. The number of nitro groups is 1. The zero-order valence-electron chi connectivity index (χ0n) is 11.5. The van der Waals surface area contributed by atoms with Crippen molar-refractivity contribution in [2.45, 2.75) is 32.4 Å². The van der Waals surface area contributed by atoms with Crippen molar-refractivity contribution in [1.29, 1.82) is 0 Å². The zero-order valence-corrected chi connectivity index (χ0v) is 12.3. The fourth-order valence-electron chi connectivity index (χ4n) is 2.09. The molecule has 0 heterocycles. The normalized spacial score (nSPS) is 12.8. The number of rotatable bonds is 4. The van der Waals surface area contributed by atoms with Crippen molar-refractivity contribution < 1.29 is 14.8 Å². The summed E-state index contributed by atoms with van der Waals surface area (Å²) in [4.78, 5) is 22.9. The number of nitrogens with zero attached hydrogens (tertiary/aromatic N) is 2. The summed E-state index contributed by atoms with van der Waals surface area (Å²) in [6.07, 6.45) is -1.22. The molecule has 20 heavy (non-hydrogen) atoms. The lowest BCUT2D eigenvalue weighted by atomic mass is 9.98. The molecule has 1 N–H and O–H groups in total. The topological polar surface area (TPSA) is 83.7 Å². The Morgan fingerprint density at radius 2 is 2.00 bits per heavy atom. The SMILES string of the molecule is CC(C)(C)N(C(=O)O)C(C[N+](=O)[O-])c1ccccc1Cl. The second-order valence-electron chi connectivity index (χ2n) is 5.38. The van der Waals surface area contributed by atoms with Gasteiger partial charge in [-0.15, -0.1) is 0 Å². The molecule has 1 atom stereocenters. The predicted octanol–water partition coefficient (Wildman–Crippen LogP) is 3.44. The van der Waals surface area contributed by atoms with E-state index in [9.17, 15) is 20.0 Å². The van der Waals surface area contributed by atoms with Crippen molar-refractivity contribution in [3.63, 3.8) is 0 Å². The van der Waals surface area contributed by atoms with E-state index in [0.29, 0.717) is 10.6 Å². The molecule has 1 unspecified atom stereocenters. The second kappa shape index (κ2) is 6.09. The van der Waals surface area contributed by atoms with E-state index in [1.165, 1.54) is 0 Å². The van der Waals surface area contributed by atoms with E-state index in [2.05, 4.69) is 0 Å². The number of carbonyl (C=O) groups is 1. The van der Waals surface area contributed by atoms with Crippen LogP contribution in [0.5, 0.6) is 0 Å². The Balaban J connectivity index is 3.34. The molecule has 7 heteroatoms. The van der Waals surface area contributed by atoms with Crippen molar-refractivity contribution >= 4 is 17.7 Å². The monoisotopic (exact) mass is 300 g/mol. The summed E-state index contributed by atoms with van der Waals surface area (Å²) >= 11 is 6.06. The van der Waals surface area contributed by atoms with Crippen LogP contribution >= 0.6 is 11.6 Å². The maximum Gasteiger partial charge on any atom is 0.408 e. The first-order valence-electron chi connectivity index (χ1n) is 6.03. The number of hydrogen-bond acceptors (Lipinski definition) is 3. The van der Waals surface area contributed by atoms with Crippen molar-refractivity contribution in [1.82, 2.24) is 4.90 Å². The highest BCUT2D eigenvalue weighted by atomic mass is 35.5. The Morgan fingerprint density at radius 1 is 1.45 bits per heavy atom. The molecule has 1 aromatic carbocycles. The van der Waals surface area contributed by atoms with Gasteiger partial charge in [-0.3, -0.25) is 15.0 Å². The van der Waals surface area contributed by atoms with E-state index in [1.54, 1.807) is 45.0 Å². The molecule has 6 nitrogen and oxygen atoms in total. The molecule has 1 amide bonds. The van der Waals surface area contributed by atoms with Gasteiger partial charge in [0.2, 0.25) is 6.54 Å². The lowest BCUT2D eigenvalue weighted by Crippen LogP contribution is -2.49. The number of hydrogen-bond donors (Lipinski definition) is 1. The Labute approximate surface area is 122 Å². The summed E-state index contributed by atoms with van der Waals surface area (Å²) in [5.74, 6) is 0. The lowest BCUT2D eigenvalue weighted by molar-refractivity contribution is -0.488. The van der Waals surface area contributed by atoms with Gasteiger partial charge >= 0.3 is 6.09 Å². The van der Waals surface area contributed by atoms with E-state index in [-0.39, 0.29) is 0 Å². The van der Waals surface area contributed by atoms with Crippen LogP contribution in [-0.2, 0) is 0 Å². The maximum atomic E-state index is 11.5. The van der Waals surface area contributed by atoms with Gasteiger partial charge in [-0.25, -0.2) is 4.79 Å². The van der Waals surface area contributed by atoms with Crippen LogP contribution in [0.15, 0.2) is 24.3 Å². The average molecular weight is 301 g/mol. The first-order chi connectivity index (χ1) is 9.14. The van der Waals surface area contributed by atoms with Crippen molar-refractivity contribution in [3.05, 3.63) is 45.0 Å². The maximum absolute atomic E-state index is 11.5. The van der Waals surface area contributed by atoms with Gasteiger partial charge in [0.1, 0.15) is 6.04 Å². The molecule has 0 radical (unpaired) electrons. The van der Waals surface area contributed by atoms with Crippen LogP contribution in [0.25, 0.3) is 0 Å². The minimum absolute atomic E-state index is 0.315. The molecule has 0 aliphatic carbocycles. The van der Waals surface area contributed by atoms with E-state index in [1.807, 2.05) is 0 Å². The number of carboxylic acid groups (broad SMARTS) is 1. The van der Waals surface area contributed by atoms with Gasteiger partial charge in [0, 0.05) is 15.5 Å². The molecule has 1 rings (SSSR count). The van der Waals surface area contributed by atoms with Crippen LogP contribution in [-0.4, -0.2) is 33.1 Å². The molecule has 0 aliphatic heterocycles. The van der Waals surface area contributed by atoms with Crippen molar-refractivity contribution in [2.24, 2.45) is 0 Å². The lowest BCUT2D eigenvalue weighted by Gasteiger charge is -2.38. The highest BCUT2D eigenvalue weighted by molar-refractivity contribution is 6.31. The van der Waals surface area contributed by atoms with Crippen LogP contribution in [0.4, 0.5) is 4.79 Å². The largest absolute Gasteiger partial charge is 0.465 e. The first kappa shape index (κ1) is 16.2.